The molecule has 2 N–H and O–H groups in total. The van der Waals surface area contributed by atoms with Crippen molar-refractivity contribution in [1.82, 2.24) is 14.3 Å². The second kappa shape index (κ2) is 5.38. The van der Waals surface area contributed by atoms with E-state index in [1.54, 1.807) is 11.8 Å². The first kappa shape index (κ1) is 13.5. The van der Waals surface area contributed by atoms with Crippen LogP contribution in [0.25, 0.3) is 10.2 Å². The van der Waals surface area contributed by atoms with Gasteiger partial charge in [-0.1, -0.05) is 0 Å². The van der Waals surface area contributed by atoms with Gasteiger partial charge in [0.15, 0.2) is 0 Å². The van der Waals surface area contributed by atoms with Crippen LogP contribution in [0.3, 0.4) is 0 Å². The van der Waals surface area contributed by atoms with Crippen LogP contribution < -0.4 is 5.32 Å². The van der Waals surface area contributed by atoms with Crippen LogP contribution >= 0.6 is 23.3 Å². The number of anilines is 1. The van der Waals surface area contributed by atoms with Crippen LogP contribution in [0.5, 0.6) is 0 Å². The maximum atomic E-state index is 10.1. The molecule has 18 heavy (non-hydrogen) atoms. The van der Waals surface area contributed by atoms with E-state index in [-0.39, 0.29) is 0 Å². The molecule has 2 heterocycles. The molecule has 0 amide bonds. The molecular formula is C11H16N4OS2. The molecule has 2 aromatic rings. The predicted molar refractivity (Wildman–Crippen MR) is 77.4 cm³/mol. The van der Waals surface area contributed by atoms with Crippen LogP contribution in [0.15, 0.2) is 6.33 Å². The molecule has 1 atom stereocenters. The van der Waals surface area contributed by atoms with Gasteiger partial charge in [0.25, 0.3) is 0 Å². The lowest BCUT2D eigenvalue weighted by atomic mass is 10.1. The van der Waals surface area contributed by atoms with Gasteiger partial charge in [-0.05, 0) is 31.6 Å². The zero-order valence-corrected chi connectivity index (χ0v) is 12.2. The number of aryl methyl sites for hydroxylation is 1. The molecule has 5 nitrogen and oxygen atoms in total. The number of hydrogen-bond donors (Lipinski definition) is 2. The van der Waals surface area contributed by atoms with E-state index in [1.165, 1.54) is 17.9 Å². The molecule has 98 valence electrons. The van der Waals surface area contributed by atoms with E-state index in [1.807, 2.05) is 20.1 Å². The fourth-order valence-corrected chi connectivity index (χ4v) is 3.16. The van der Waals surface area contributed by atoms with E-state index in [0.717, 1.165) is 21.7 Å². The second-order valence-electron chi connectivity index (χ2n) is 4.45. The normalized spacial score (nSPS) is 14.7. The average Bonchev–Trinajstić information content (AvgIpc) is 2.69. The number of nitrogens with one attached hydrogen (secondary N) is 1. The van der Waals surface area contributed by atoms with E-state index in [2.05, 4.69) is 19.7 Å². The van der Waals surface area contributed by atoms with Gasteiger partial charge >= 0.3 is 0 Å². The number of nitrogens with zero attached hydrogens (tertiary/aromatic N) is 3. The van der Waals surface area contributed by atoms with Crippen molar-refractivity contribution < 1.29 is 5.11 Å². The highest BCUT2D eigenvalue weighted by atomic mass is 32.2. The molecule has 0 saturated heterocycles. The lowest BCUT2D eigenvalue weighted by Gasteiger charge is -2.22. The summed E-state index contributed by atoms with van der Waals surface area (Å²) < 4.78 is 4.27. The zero-order chi connectivity index (χ0) is 13.2. The predicted octanol–water partition coefficient (Wildman–Crippen LogP) is 1.92. The largest absolute Gasteiger partial charge is 0.387 e. The van der Waals surface area contributed by atoms with Crippen LogP contribution in [0.1, 0.15) is 12.6 Å². The van der Waals surface area contributed by atoms with E-state index in [9.17, 15) is 5.11 Å². The number of aromatic nitrogens is 3. The first-order chi connectivity index (χ1) is 8.53. The third-order valence-corrected chi connectivity index (χ3v) is 4.29. The smallest absolute Gasteiger partial charge is 0.149 e. The summed E-state index contributed by atoms with van der Waals surface area (Å²) in [5.74, 6) is 1.42. The van der Waals surface area contributed by atoms with E-state index < -0.39 is 5.60 Å². The summed E-state index contributed by atoms with van der Waals surface area (Å²) in [5.41, 5.74) is 0.163. The molecule has 0 aromatic carbocycles. The minimum absolute atomic E-state index is 0.454. The summed E-state index contributed by atoms with van der Waals surface area (Å²) >= 11 is 2.98. The summed E-state index contributed by atoms with van der Waals surface area (Å²) in [6.45, 7) is 4.20. The van der Waals surface area contributed by atoms with Crippen LogP contribution in [-0.2, 0) is 0 Å². The molecule has 0 saturated carbocycles. The van der Waals surface area contributed by atoms with Crippen molar-refractivity contribution in [2.75, 3.05) is 23.9 Å². The van der Waals surface area contributed by atoms with Crippen molar-refractivity contribution in [3.05, 3.63) is 12.0 Å². The number of hydrogen-bond acceptors (Lipinski definition) is 7. The van der Waals surface area contributed by atoms with Gasteiger partial charge in [0.1, 0.15) is 17.0 Å². The first-order valence-corrected chi connectivity index (χ1v) is 7.72. The van der Waals surface area contributed by atoms with Gasteiger partial charge in [-0.2, -0.15) is 16.1 Å². The van der Waals surface area contributed by atoms with Crippen LogP contribution in [-0.4, -0.2) is 43.6 Å². The van der Waals surface area contributed by atoms with Crippen LogP contribution in [0.4, 0.5) is 5.82 Å². The Hall–Kier alpha value is -0.920. The maximum Gasteiger partial charge on any atom is 0.149 e. The quantitative estimate of drug-likeness (QED) is 0.874. The molecule has 2 aromatic heterocycles. The number of aliphatic hydroxyl groups is 1. The maximum absolute atomic E-state index is 10.1. The molecule has 2 rings (SSSR count). The van der Waals surface area contributed by atoms with Crippen molar-refractivity contribution in [3.63, 3.8) is 0 Å². The Balaban J connectivity index is 2.19. The first-order valence-electron chi connectivity index (χ1n) is 5.56. The highest BCUT2D eigenvalue weighted by Crippen LogP contribution is 2.26. The van der Waals surface area contributed by atoms with E-state index >= 15 is 0 Å². The fourth-order valence-electron chi connectivity index (χ4n) is 1.69. The Morgan fingerprint density at radius 3 is 3.00 bits per heavy atom. The van der Waals surface area contributed by atoms with Gasteiger partial charge in [0.05, 0.1) is 16.7 Å². The summed E-state index contributed by atoms with van der Waals surface area (Å²) in [4.78, 5) is 9.28. The van der Waals surface area contributed by atoms with Gasteiger partial charge in [0.2, 0.25) is 0 Å². The molecule has 1 unspecified atom stereocenters. The van der Waals surface area contributed by atoms with Crippen molar-refractivity contribution in [2.45, 2.75) is 19.4 Å². The summed E-state index contributed by atoms with van der Waals surface area (Å²) in [6, 6.07) is 0. The lowest BCUT2D eigenvalue weighted by Crippen LogP contribution is -2.36. The minimum Gasteiger partial charge on any atom is -0.387 e. The number of fused-ring (bicyclic) bond motifs is 1. The topological polar surface area (TPSA) is 70.9 Å². The Labute approximate surface area is 114 Å². The third-order valence-electron chi connectivity index (χ3n) is 2.54. The number of thioether (sulfide) groups is 1. The summed E-state index contributed by atoms with van der Waals surface area (Å²) in [7, 11) is 0. The second-order valence-corrected chi connectivity index (χ2v) is 6.07. The Morgan fingerprint density at radius 2 is 2.28 bits per heavy atom. The summed E-state index contributed by atoms with van der Waals surface area (Å²) in [6.07, 6.45) is 3.50. The molecule has 0 radical (unpaired) electrons. The average molecular weight is 284 g/mol. The number of rotatable bonds is 5. The van der Waals surface area contributed by atoms with Crippen molar-refractivity contribution >= 4 is 39.3 Å². The van der Waals surface area contributed by atoms with Gasteiger partial charge in [-0.25, -0.2) is 9.97 Å². The van der Waals surface area contributed by atoms with Crippen molar-refractivity contribution in [3.8, 4) is 0 Å². The van der Waals surface area contributed by atoms with Crippen molar-refractivity contribution in [2.24, 2.45) is 0 Å². The highest BCUT2D eigenvalue weighted by molar-refractivity contribution is 7.98. The molecule has 0 aliphatic rings. The van der Waals surface area contributed by atoms with Crippen LogP contribution in [0, 0.1) is 6.92 Å². The molecule has 0 bridgehead atoms. The van der Waals surface area contributed by atoms with Gasteiger partial charge in [-0.3, -0.25) is 0 Å². The SMILES string of the molecule is CSCC(C)(O)CNc1ncnc2snc(C)c12. The molecule has 7 heteroatoms. The van der Waals surface area contributed by atoms with Gasteiger partial charge < -0.3 is 10.4 Å². The molecule has 0 aliphatic carbocycles. The molecule has 0 aliphatic heterocycles. The molecular weight excluding hydrogens is 268 g/mol. The van der Waals surface area contributed by atoms with Gasteiger partial charge in [-0.15, -0.1) is 0 Å². The van der Waals surface area contributed by atoms with Crippen molar-refractivity contribution in [1.29, 1.82) is 0 Å². The fraction of sp³-hybridized carbons (Fsp3) is 0.545. The highest BCUT2D eigenvalue weighted by Gasteiger charge is 2.20. The Bertz CT molecular complexity index is 541. The Morgan fingerprint density at radius 1 is 1.50 bits per heavy atom. The van der Waals surface area contributed by atoms with E-state index in [0.29, 0.717) is 12.3 Å². The van der Waals surface area contributed by atoms with E-state index in [4.69, 9.17) is 0 Å². The van der Waals surface area contributed by atoms with Crippen LogP contribution in [0.2, 0.25) is 0 Å². The standard InChI is InChI=1S/C11H16N4OS2/c1-7-8-9(12-4-11(2,16)5-17-3)13-6-14-10(8)18-15-7/h6,16H,4-5H2,1-3H3,(H,12,13,14). The molecule has 0 fully saturated rings. The zero-order valence-electron chi connectivity index (χ0n) is 10.6. The molecule has 0 spiro atoms. The van der Waals surface area contributed by atoms with Gasteiger partial charge in [0, 0.05) is 12.3 Å². The summed E-state index contributed by atoms with van der Waals surface area (Å²) in [5, 5.41) is 14.3. The monoisotopic (exact) mass is 284 g/mol. The Kier molecular flexibility index (Phi) is 4.04. The lowest BCUT2D eigenvalue weighted by molar-refractivity contribution is 0.0996. The minimum atomic E-state index is -0.756. The third kappa shape index (κ3) is 2.90.